The number of phenolic OH excluding ortho intramolecular Hbond substituents is 1. The Bertz CT molecular complexity index is 827. The summed E-state index contributed by atoms with van der Waals surface area (Å²) in [4.78, 5) is 17.7. The molecule has 7 nitrogen and oxygen atoms in total. The Morgan fingerprint density at radius 2 is 2.04 bits per heavy atom. The summed E-state index contributed by atoms with van der Waals surface area (Å²) >= 11 is 0. The van der Waals surface area contributed by atoms with Crippen LogP contribution in [0, 0.1) is 17.5 Å². The van der Waals surface area contributed by atoms with Gasteiger partial charge < -0.3 is 19.3 Å². The smallest absolute Gasteiger partial charge is 0.295 e. The molecule has 1 aromatic heterocycles. The SMILES string of the molecule is C[C@@H]1CN(C(=O)c2noc(-c3cc(F)c(F)c(O)c3F)n2)[C@H](C)CO1. The van der Waals surface area contributed by atoms with Crippen molar-refractivity contribution in [1.82, 2.24) is 15.0 Å². The van der Waals surface area contributed by atoms with Crippen LogP contribution in [0.2, 0.25) is 0 Å². The molecule has 0 unspecified atom stereocenters. The number of nitrogens with zero attached hydrogens (tertiary/aromatic N) is 3. The molecule has 1 aliphatic rings. The number of benzene rings is 1. The number of amides is 1. The first-order chi connectivity index (χ1) is 11.8. The predicted octanol–water partition coefficient (Wildman–Crippen LogP) is 2.11. The van der Waals surface area contributed by atoms with Crippen LogP contribution >= 0.6 is 0 Å². The van der Waals surface area contributed by atoms with E-state index in [0.29, 0.717) is 19.2 Å². The molecule has 2 heterocycles. The number of ether oxygens (including phenoxy) is 1. The van der Waals surface area contributed by atoms with E-state index in [4.69, 9.17) is 9.26 Å². The molecule has 0 saturated carbocycles. The number of hydrogen-bond donors (Lipinski definition) is 1. The van der Waals surface area contributed by atoms with Gasteiger partial charge in [-0.15, -0.1) is 0 Å². The Hall–Kier alpha value is -2.62. The zero-order valence-corrected chi connectivity index (χ0v) is 13.3. The van der Waals surface area contributed by atoms with Crippen molar-refractivity contribution >= 4 is 5.91 Å². The molecule has 1 aromatic carbocycles. The zero-order valence-electron chi connectivity index (χ0n) is 13.3. The molecule has 134 valence electrons. The van der Waals surface area contributed by atoms with Crippen molar-refractivity contribution in [2.75, 3.05) is 13.2 Å². The summed E-state index contributed by atoms with van der Waals surface area (Å²) in [5.41, 5.74) is -0.647. The summed E-state index contributed by atoms with van der Waals surface area (Å²) in [6.07, 6.45) is -0.174. The lowest BCUT2D eigenvalue weighted by atomic mass is 10.2. The van der Waals surface area contributed by atoms with Gasteiger partial charge in [0.25, 0.3) is 17.6 Å². The van der Waals surface area contributed by atoms with Gasteiger partial charge in [-0.3, -0.25) is 4.79 Å². The highest BCUT2D eigenvalue weighted by Crippen LogP contribution is 2.31. The van der Waals surface area contributed by atoms with Crippen LogP contribution in [0.25, 0.3) is 11.5 Å². The van der Waals surface area contributed by atoms with Crippen LogP contribution in [0.1, 0.15) is 24.5 Å². The van der Waals surface area contributed by atoms with Gasteiger partial charge in [-0.25, -0.2) is 8.78 Å². The van der Waals surface area contributed by atoms with Crippen LogP contribution in [0.4, 0.5) is 13.2 Å². The maximum absolute atomic E-state index is 13.9. The number of aromatic nitrogens is 2. The topological polar surface area (TPSA) is 88.7 Å². The Balaban J connectivity index is 1.92. The number of rotatable bonds is 2. The van der Waals surface area contributed by atoms with Gasteiger partial charge in [0.05, 0.1) is 24.3 Å². The monoisotopic (exact) mass is 357 g/mol. The van der Waals surface area contributed by atoms with Crippen molar-refractivity contribution in [1.29, 1.82) is 0 Å². The minimum atomic E-state index is -1.73. The molecule has 1 saturated heterocycles. The van der Waals surface area contributed by atoms with Gasteiger partial charge in [0, 0.05) is 6.54 Å². The number of morpholine rings is 1. The average molecular weight is 357 g/mol. The van der Waals surface area contributed by atoms with E-state index < -0.39 is 40.6 Å². The second-order valence-electron chi connectivity index (χ2n) is 5.76. The van der Waals surface area contributed by atoms with Crippen LogP contribution in [-0.4, -0.2) is 51.4 Å². The van der Waals surface area contributed by atoms with Crippen molar-refractivity contribution < 1.29 is 32.3 Å². The summed E-state index contributed by atoms with van der Waals surface area (Å²) in [7, 11) is 0. The van der Waals surface area contributed by atoms with Crippen LogP contribution in [0.15, 0.2) is 10.6 Å². The molecule has 0 radical (unpaired) electrons. The lowest BCUT2D eigenvalue weighted by Crippen LogP contribution is -2.50. The molecular weight excluding hydrogens is 343 g/mol. The molecular formula is C15H14F3N3O4. The highest BCUT2D eigenvalue weighted by molar-refractivity contribution is 5.91. The fraction of sp³-hybridized carbons (Fsp3) is 0.400. The van der Waals surface area contributed by atoms with Gasteiger partial charge >= 0.3 is 0 Å². The van der Waals surface area contributed by atoms with Gasteiger partial charge in [0.1, 0.15) is 0 Å². The zero-order chi connectivity index (χ0) is 18.3. The van der Waals surface area contributed by atoms with Crippen molar-refractivity contribution in [2.24, 2.45) is 0 Å². The van der Waals surface area contributed by atoms with Crippen molar-refractivity contribution in [3.05, 3.63) is 29.3 Å². The summed E-state index contributed by atoms with van der Waals surface area (Å²) < 4.78 is 50.6. The van der Waals surface area contributed by atoms with E-state index in [1.54, 1.807) is 13.8 Å². The third-order valence-electron chi connectivity index (χ3n) is 3.85. The fourth-order valence-electron chi connectivity index (χ4n) is 2.48. The molecule has 1 amide bonds. The van der Waals surface area contributed by atoms with Gasteiger partial charge in [0.15, 0.2) is 17.4 Å². The van der Waals surface area contributed by atoms with Crippen molar-refractivity contribution in [3.8, 4) is 17.2 Å². The molecule has 2 atom stereocenters. The number of halogens is 3. The number of phenols is 1. The number of aromatic hydroxyl groups is 1. The van der Waals surface area contributed by atoms with E-state index in [1.165, 1.54) is 4.90 Å². The van der Waals surface area contributed by atoms with Crippen LogP contribution in [0.5, 0.6) is 5.75 Å². The van der Waals surface area contributed by atoms with Crippen LogP contribution < -0.4 is 0 Å². The van der Waals surface area contributed by atoms with E-state index in [1.807, 2.05) is 0 Å². The van der Waals surface area contributed by atoms with Gasteiger partial charge in [-0.1, -0.05) is 5.16 Å². The van der Waals surface area contributed by atoms with E-state index >= 15 is 0 Å². The normalized spacial score (nSPS) is 20.8. The highest BCUT2D eigenvalue weighted by Gasteiger charge is 2.32. The summed E-state index contributed by atoms with van der Waals surface area (Å²) in [5.74, 6) is -7.66. The van der Waals surface area contributed by atoms with E-state index in [-0.39, 0.29) is 18.0 Å². The number of carbonyl (C=O) groups is 1. The maximum Gasteiger partial charge on any atom is 0.295 e. The minimum absolute atomic E-state index is 0.174. The van der Waals surface area contributed by atoms with Gasteiger partial charge in [0.2, 0.25) is 5.82 Å². The molecule has 2 aromatic rings. The third-order valence-corrected chi connectivity index (χ3v) is 3.85. The Morgan fingerprint density at radius 3 is 2.76 bits per heavy atom. The Labute approximate surface area is 140 Å². The molecule has 1 fully saturated rings. The first kappa shape index (κ1) is 17.2. The standard InChI is InChI=1S/C15H14F3N3O4/c1-6-5-24-7(2)4-21(6)15(23)13-19-14(25-20-13)8-3-9(16)11(18)12(22)10(8)17/h3,6-7,22H,4-5H2,1-2H3/t6-,7-/m1/s1. The van der Waals surface area contributed by atoms with Crippen molar-refractivity contribution in [3.63, 3.8) is 0 Å². The molecule has 1 aliphatic heterocycles. The highest BCUT2D eigenvalue weighted by atomic mass is 19.2. The summed E-state index contributed by atoms with van der Waals surface area (Å²) in [6.45, 7) is 4.22. The van der Waals surface area contributed by atoms with E-state index in [9.17, 15) is 23.1 Å². The molecule has 10 heteroatoms. The van der Waals surface area contributed by atoms with Gasteiger partial charge in [-0.2, -0.15) is 9.37 Å². The predicted molar refractivity (Wildman–Crippen MR) is 77.2 cm³/mol. The van der Waals surface area contributed by atoms with Crippen molar-refractivity contribution in [2.45, 2.75) is 26.0 Å². The minimum Gasteiger partial charge on any atom is -0.503 e. The molecule has 25 heavy (non-hydrogen) atoms. The van der Waals surface area contributed by atoms with E-state index in [2.05, 4.69) is 10.1 Å². The van der Waals surface area contributed by atoms with Crippen LogP contribution in [-0.2, 0) is 4.74 Å². The largest absolute Gasteiger partial charge is 0.503 e. The second kappa shape index (κ2) is 6.36. The fourth-order valence-corrected chi connectivity index (χ4v) is 2.48. The molecule has 3 rings (SSSR count). The second-order valence-corrected chi connectivity index (χ2v) is 5.76. The van der Waals surface area contributed by atoms with Crippen LogP contribution in [0.3, 0.4) is 0 Å². The van der Waals surface area contributed by atoms with Gasteiger partial charge in [-0.05, 0) is 19.9 Å². The summed E-state index contributed by atoms with van der Waals surface area (Å²) in [6, 6.07) is 0.237. The molecule has 1 N–H and O–H groups in total. The third kappa shape index (κ3) is 3.04. The Morgan fingerprint density at radius 1 is 1.32 bits per heavy atom. The Kier molecular flexibility index (Phi) is 4.38. The molecule has 0 bridgehead atoms. The van der Waals surface area contributed by atoms with E-state index in [0.717, 1.165) is 0 Å². The number of hydrogen-bond acceptors (Lipinski definition) is 6. The average Bonchev–Trinajstić information content (AvgIpc) is 3.07. The quantitative estimate of drug-likeness (QED) is 0.828. The molecule has 0 spiro atoms. The number of carbonyl (C=O) groups excluding carboxylic acids is 1. The lowest BCUT2D eigenvalue weighted by Gasteiger charge is -2.35. The first-order valence-corrected chi connectivity index (χ1v) is 7.42. The first-order valence-electron chi connectivity index (χ1n) is 7.42. The summed E-state index contributed by atoms with van der Waals surface area (Å²) in [5, 5.41) is 12.7. The maximum atomic E-state index is 13.9. The lowest BCUT2D eigenvalue weighted by molar-refractivity contribution is -0.0391. The molecule has 0 aliphatic carbocycles.